The van der Waals surface area contributed by atoms with Gasteiger partial charge in [-0.1, -0.05) is 60.7 Å². The van der Waals surface area contributed by atoms with Crippen molar-refractivity contribution < 1.29 is 24.2 Å². The minimum absolute atomic E-state index is 0.0399. The third kappa shape index (κ3) is 8.58. The zero-order chi connectivity index (χ0) is 22.5. The Morgan fingerprint density at radius 2 is 1.55 bits per heavy atom. The molecule has 2 rings (SSSR count). The van der Waals surface area contributed by atoms with Crippen molar-refractivity contribution in [3.8, 4) is 6.07 Å². The van der Waals surface area contributed by atoms with Crippen molar-refractivity contribution in [2.24, 2.45) is 0 Å². The molecule has 0 saturated carbocycles. The summed E-state index contributed by atoms with van der Waals surface area (Å²) in [6.45, 7) is 0.0399. The van der Waals surface area contributed by atoms with Crippen LogP contribution in [-0.4, -0.2) is 35.2 Å². The van der Waals surface area contributed by atoms with Gasteiger partial charge >= 0.3 is 12.1 Å². The molecule has 0 fully saturated rings. The number of aliphatic carboxylic acids is 1. The van der Waals surface area contributed by atoms with Crippen LogP contribution in [0.25, 0.3) is 0 Å². The predicted octanol–water partition coefficient (Wildman–Crippen LogP) is 2.79. The zero-order valence-corrected chi connectivity index (χ0v) is 17.0. The molecule has 0 aliphatic rings. The van der Waals surface area contributed by atoms with E-state index in [0.717, 1.165) is 11.1 Å². The molecule has 8 nitrogen and oxygen atoms in total. The molecule has 2 aromatic carbocycles. The topological polar surface area (TPSA) is 129 Å². The van der Waals surface area contributed by atoms with E-state index in [4.69, 9.17) is 10.00 Å². The summed E-state index contributed by atoms with van der Waals surface area (Å²) in [5.41, 5.74) is 1.59. The van der Waals surface area contributed by atoms with Crippen LogP contribution in [0.3, 0.4) is 0 Å². The number of ether oxygens (including phenoxy) is 1. The number of carboxylic acids is 1. The summed E-state index contributed by atoms with van der Waals surface area (Å²) in [5, 5.41) is 23.0. The van der Waals surface area contributed by atoms with Gasteiger partial charge in [-0.15, -0.1) is 0 Å². The zero-order valence-electron chi connectivity index (χ0n) is 17.0. The first kappa shape index (κ1) is 23.4. The molecule has 2 aromatic rings. The second-order valence-corrected chi connectivity index (χ2v) is 6.90. The predicted molar refractivity (Wildman–Crippen MR) is 113 cm³/mol. The highest BCUT2D eigenvalue weighted by atomic mass is 16.5. The van der Waals surface area contributed by atoms with Crippen LogP contribution >= 0.6 is 0 Å². The summed E-state index contributed by atoms with van der Waals surface area (Å²) in [7, 11) is 0. The average Bonchev–Trinajstić information content (AvgIpc) is 2.78. The van der Waals surface area contributed by atoms with Crippen LogP contribution in [0.15, 0.2) is 60.7 Å². The number of benzene rings is 2. The third-order valence-electron chi connectivity index (χ3n) is 4.50. The van der Waals surface area contributed by atoms with Gasteiger partial charge in [-0.2, -0.15) is 5.26 Å². The molecular formula is C23H25N3O5. The number of alkyl carbamates (subject to hydrolysis) is 1. The number of nitrogens with one attached hydrogen (secondary N) is 2. The molecule has 31 heavy (non-hydrogen) atoms. The van der Waals surface area contributed by atoms with E-state index in [2.05, 4.69) is 10.6 Å². The molecule has 0 saturated heterocycles. The minimum atomic E-state index is -1.20. The summed E-state index contributed by atoms with van der Waals surface area (Å²) in [6.07, 6.45) is 0.0279. The lowest BCUT2D eigenvalue weighted by molar-refractivity contribution is -0.142. The maximum absolute atomic E-state index is 12.8. The van der Waals surface area contributed by atoms with Crippen LogP contribution in [0.4, 0.5) is 4.79 Å². The molecule has 0 bridgehead atoms. The number of amides is 2. The number of carboxylic acid groups (broad SMARTS) is 1. The van der Waals surface area contributed by atoms with Crippen molar-refractivity contribution in [1.82, 2.24) is 10.6 Å². The Balaban J connectivity index is 2.04. The highest BCUT2D eigenvalue weighted by molar-refractivity contribution is 5.89. The number of nitriles is 1. The van der Waals surface area contributed by atoms with Crippen molar-refractivity contribution in [1.29, 1.82) is 5.26 Å². The molecule has 2 amide bonds. The van der Waals surface area contributed by atoms with Gasteiger partial charge in [0.2, 0.25) is 5.91 Å². The second-order valence-electron chi connectivity index (χ2n) is 6.90. The third-order valence-corrected chi connectivity index (χ3v) is 4.50. The number of hydrogen-bond donors (Lipinski definition) is 3. The lowest BCUT2D eigenvalue weighted by Gasteiger charge is -2.21. The minimum Gasteiger partial charge on any atom is -0.480 e. The van der Waals surface area contributed by atoms with Crippen LogP contribution in [0.1, 0.15) is 30.4 Å². The van der Waals surface area contributed by atoms with Gasteiger partial charge in [-0.3, -0.25) is 4.79 Å². The molecule has 0 unspecified atom stereocenters. The number of carbonyl (C=O) groups is 3. The average molecular weight is 423 g/mol. The Labute approximate surface area is 180 Å². The van der Waals surface area contributed by atoms with Gasteiger partial charge in [0.25, 0.3) is 0 Å². The normalized spacial score (nSPS) is 12.1. The molecule has 0 aliphatic heterocycles. The number of nitrogens with zero attached hydrogens (tertiary/aromatic N) is 1. The highest BCUT2D eigenvalue weighted by Gasteiger charge is 2.27. The highest BCUT2D eigenvalue weighted by Crippen LogP contribution is 2.07. The summed E-state index contributed by atoms with van der Waals surface area (Å²) >= 11 is 0. The first-order valence-corrected chi connectivity index (χ1v) is 9.91. The van der Waals surface area contributed by atoms with Crippen LogP contribution in [0.5, 0.6) is 0 Å². The Bertz CT molecular complexity index is 896. The van der Waals surface area contributed by atoms with Gasteiger partial charge in [0.05, 0.1) is 6.07 Å². The van der Waals surface area contributed by atoms with E-state index in [1.807, 2.05) is 30.3 Å². The Kier molecular flexibility index (Phi) is 9.56. The van der Waals surface area contributed by atoms with E-state index in [0.29, 0.717) is 6.42 Å². The Morgan fingerprint density at radius 3 is 2.13 bits per heavy atom. The molecule has 8 heteroatoms. The van der Waals surface area contributed by atoms with E-state index in [9.17, 15) is 19.5 Å². The van der Waals surface area contributed by atoms with Crippen LogP contribution in [0.2, 0.25) is 0 Å². The van der Waals surface area contributed by atoms with Gasteiger partial charge in [-0.05, 0) is 24.0 Å². The quantitative estimate of drug-likeness (QED) is 0.477. The standard InChI is InChI=1S/C23H25N3O5/c24-14-8-7-13-19(22(28)29)25-21(27)20(15-17-9-3-1-4-10-17)26-23(30)31-16-18-11-5-2-6-12-18/h1-6,9-12,19-20H,7-8,13,15-16H2,(H,25,27)(H,26,30)(H,28,29)/t19-,20-/m0/s1. The molecule has 0 spiro atoms. The lowest BCUT2D eigenvalue weighted by atomic mass is 10.0. The van der Waals surface area contributed by atoms with Crippen molar-refractivity contribution in [2.45, 2.75) is 44.4 Å². The number of rotatable bonds is 11. The fraction of sp³-hybridized carbons (Fsp3) is 0.304. The summed E-state index contributed by atoms with van der Waals surface area (Å²) in [4.78, 5) is 36.6. The van der Waals surface area contributed by atoms with Crippen molar-refractivity contribution in [2.75, 3.05) is 0 Å². The van der Waals surface area contributed by atoms with Gasteiger partial charge in [0, 0.05) is 12.8 Å². The van der Waals surface area contributed by atoms with Gasteiger partial charge < -0.3 is 20.5 Å². The van der Waals surface area contributed by atoms with Crippen LogP contribution < -0.4 is 10.6 Å². The fourth-order valence-electron chi connectivity index (χ4n) is 2.88. The second kappa shape index (κ2) is 12.6. The molecule has 162 valence electrons. The molecule has 0 aromatic heterocycles. The van der Waals surface area contributed by atoms with Crippen molar-refractivity contribution >= 4 is 18.0 Å². The van der Waals surface area contributed by atoms with Gasteiger partial charge in [0.15, 0.2) is 0 Å². The smallest absolute Gasteiger partial charge is 0.408 e. The Morgan fingerprint density at radius 1 is 0.935 bits per heavy atom. The van der Waals surface area contributed by atoms with E-state index >= 15 is 0 Å². The summed E-state index contributed by atoms with van der Waals surface area (Å²) in [5.74, 6) is -1.83. The van der Waals surface area contributed by atoms with E-state index in [-0.39, 0.29) is 25.9 Å². The number of carbonyl (C=O) groups excluding carboxylic acids is 2. The lowest BCUT2D eigenvalue weighted by Crippen LogP contribution is -2.52. The van der Waals surface area contributed by atoms with Crippen molar-refractivity contribution in [3.63, 3.8) is 0 Å². The molecule has 2 atom stereocenters. The van der Waals surface area contributed by atoms with E-state index < -0.39 is 30.1 Å². The molecule has 0 heterocycles. The number of hydrogen-bond acceptors (Lipinski definition) is 5. The SMILES string of the molecule is N#CCCC[C@H](NC(=O)[C@H](Cc1ccccc1)NC(=O)OCc1ccccc1)C(=O)O. The largest absolute Gasteiger partial charge is 0.480 e. The van der Waals surface area contributed by atoms with Gasteiger partial charge in [0.1, 0.15) is 18.7 Å². The van der Waals surface area contributed by atoms with E-state index in [1.54, 1.807) is 36.4 Å². The molecule has 3 N–H and O–H groups in total. The van der Waals surface area contributed by atoms with E-state index in [1.165, 1.54) is 0 Å². The molecule has 0 radical (unpaired) electrons. The molecule has 0 aliphatic carbocycles. The van der Waals surface area contributed by atoms with Crippen LogP contribution in [-0.2, 0) is 27.4 Å². The Hall–Kier alpha value is -3.86. The fourth-order valence-corrected chi connectivity index (χ4v) is 2.88. The molecular weight excluding hydrogens is 398 g/mol. The van der Waals surface area contributed by atoms with Crippen molar-refractivity contribution in [3.05, 3.63) is 71.8 Å². The summed E-state index contributed by atoms with van der Waals surface area (Å²) in [6, 6.07) is 17.9. The summed E-state index contributed by atoms with van der Waals surface area (Å²) < 4.78 is 5.20. The monoisotopic (exact) mass is 423 g/mol. The van der Waals surface area contributed by atoms with Crippen LogP contribution in [0, 0.1) is 11.3 Å². The van der Waals surface area contributed by atoms with Gasteiger partial charge in [-0.25, -0.2) is 9.59 Å². The first-order valence-electron chi connectivity index (χ1n) is 9.91. The maximum Gasteiger partial charge on any atom is 0.408 e. The first-order chi connectivity index (χ1) is 15.0. The maximum atomic E-state index is 12.8. The number of unbranched alkanes of at least 4 members (excludes halogenated alkanes) is 1.